The Labute approximate surface area is 118 Å². The molecule has 2 aromatic rings. The van der Waals surface area contributed by atoms with Crippen molar-refractivity contribution in [1.82, 2.24) is 10.4 Å². The lowest BCUT2D eigenvalue weighted by molar-refractivity contribution is -0.384. The molecule has 1 aromatic heterocycles. The first-order chi connectivity index (χ1) is 10.1. The van der Waals surface area contributed by atoms with Crippen LogP contribution >= 0.6 is 0 Å². The van der Waals surface area contributed by atoms with E-state index in [2.05, 4.69) is 15.5 Å². The van der Waals surface area contributed by atoms with E-state index in [1.807, 2.05) is 0 Å². The number of nitro groups is 1. The largest absolute Gasteiger partial charge is 0.507 e. The highest BCUT2D eigenvalue weighted by atomic mass is 16.6. The van der Waals surface area contributed by atoms with Crippen LogP contribution < -0.4 is 5.43 Å². The Kier molecular flexibility index (Phi) is 4.20. The summed E-state index contributed by atoms with van der Waals surface area (Å²) in [6.07, 6.45) is 4.51. The van der Waals surface area contributed by atoms with Crippen LogP contribution in [0.25, 0.3) is 0 Å². The number of benzene rings is 1. The molecule has 2 rings (SSSR count). The molecule has 1 heterocycles. The second-order valence-electron chi connectivity index (χ2n) is 3.94. The fraction of sp³-hybridized carbons (Fsp3) is 0. The first-order valence-corrected chi connectivity index (χ1v) is 5.79. The molecule has 1 aromatic carbocycles. The predicted octanol–water partition coefficient (Wildman–Crippen LogP) is 1.46. The summed E-state index contributed by atoms with van der Waals surface area (Å²) in [6, 6.07) is 6.53. The minimum Gasteiger partial charge on any atom is -0.507 e. The van der Waals surface area contributed by atoms with Gasteiger partial charge in [0.25, 0.3) is 11.6 Å². The number of pyridine rings is 1. The maximum absolute atomic E-state index is 11.8. The number of nitrogens with one attached hydrogen (secondary N) is 1. The lowest BCUT2D eigenvalue weighted by Crippen LogP contribution is -2.18. The van der Waals surface area contributed by atoms with Gasteiger partial charge in [-0.05, 0) is 23.8 Å². The van der Waals surface area contributed by atoms with E-state index in [0.29, 0.717) is 5.56 Å². The Bertz CT molecular complexity index is 701. The topological polar surface area (TPSA) is 118 Å². The number of hydrogen-bond acceptors (Lipinski definition) is 6. The molecular formula is C13H10N4O4. The molecule has 8 heteroatoms. The number of nitro benzene ring substituents is 1. The monoisotopic (exact) mass is 286 g/mol. The molecule has 0 saturated heterocycles. The van der Waals surface area contributed by atoms with Crippen LogP contribution in [-0.2, 0) is 0 Å². The molecule has 106 valence electrons. The lowest BCUT2D eigenvalue weighted by Gasteiger charge is -2.02. The van der Waals surface area contributed by atoms with Crippen molar-refractivity contribution in [2.45, 2.75) is 0 Å². The molecule has 0 radical (unpaired) electrons. The third-order valence-electron chi connectivity index (χ3n) is 2.52. The number of aromatic nitrogens is 1. The molecule has 0 spiro atoms. The molecule has 0 aliphatic heterocycles. The van der Waals surface area contributed by atoms with E-state index in [4.69, 9.17) is 0 Å². The summed E-state index contributed by atoms with van der Waals surface area (Å²) in [7, 11) is 0. The van der Waals surface area contributed by atoms with Gasteiger partial charge in [-0.3, -0.25) is 19.9 Å². The van der Waals surface area contributed by atoms with Crippen molar-refractivity contribution in [3.63, 3.8) is 0 Å². The van der Waals surface area contributed by atoms with E-state index in [1.54, 1.807) is 24.5 Å². The van der Waals surface area contributed by atoms with Gasteiger partial charge in [-0.15, -0.1) is 0 Å². The molecule has 0 saturated carbocycles. The molecule has 8 nitrogen and oxygen atoms in total. The normalized spacial score (nSPS) is 10.5. The maximum atomic E-state index is 11.8. The number of hydrogen-bond donors (Lipinski definition) is 2. The Morgan fingerprint density at radius 3 is 2.71 bits per heavy atom. The highest BCUT2D eigenvalue weighted by Gasteiger charge is 2.15. The maximum Gasteiger partial charge on any atom is 0.275 e. The van der Waals surface area contributed by atoms with Crippen molar-refractivity contribution < 1.29 is 14.8 Å². The lowest BCUT2D eigenvalue weighted by atomic mass is 10.1. The van der Waals surface area contributed by atoms with Gasteiger partial charge >= 0.3 is 0 Å². The van der Waals surface area contributed by atoms with Crippen LogP contribution in [-0.4, -0.2) is 27.1 Å². The molecule has 0 unspecified atom stereocenters. The van der Waals surface area contributed by atoms with Crippen LogP contribution in [0.15, 0.2) is 47.8 Å². The molecule has 0 aliphatic rings. The van der Waals surface area contributed by atoms with Gasteiger partial charge in [-0.1, -0.05) is 0 Å². The molecule has 21 heavy (non-hydrogen) atoms. The fourth-order valence-electron chi connectivity index (χ4n) is 1.49. The van der Waals surface area contributed by atoms with Gasteiger partial charge in [0, 0.05) is 24.5 Å². The van der Waals surface area contributed by atoms with Crippen molar-refractivity contribution in [3.05, 3.63) is 64.0 Å². The molecule has 0 atom stereocenters. The average molecular weight is 286 g/mol. The first-order valence-electron chi connectivity index (χ1n) is 5.79. The highest BCUT2D eigenvalue weighted by Crippen LogP contribution is 2.22. The summed E-state index contributed by atoms with van der Waals surface area (Å²) >= 11 is 0. The Balaban J connectivity index is 2.12. The Hall–Kier alpha value is -3.29. The van der Waals surface area contributed by atoms with Crippen molar-refractivity contribution in [2.75, 3.05) is 0 Å². The highest BCUT2D eigenvalue weighted by molar-refractivity contribution is 5.97. The van der Waals surface area contributed by atoms with Crippen LogP contribution in [0.5, 0.6) is 5.75 Å². The van der Waals surface area contributed by atoms with E-state index in [-0.39, 0.29) is 17.0 Å². The van der Waals surface area contributed by atoms with Gasteiger partial charge in [-0.25, -0.2) is 5.43 Å². The minimum absolute atomic E-state index is 0.226. The SMILES string of the molecule is O=C(NN=Cc1ccncc1)c1cc([N+](=O)[O-])ccc1O. The van der Waals surface area contributed by atoms with E-state index in [9.17, 15) is 20.0 Å². The average Bonchev–Trinajstić information content (AvgIpc) is 2.48. The summed E-state index contributed by atoms with van der Waals surface area (Å²) in [6.45, 7) is 0. The number of amides is 1. The Morgan fingerprint density at radius 1 is 1.33 bits per heavy atom. The summed E-state index contributed by atoms with van der Waals surface area (Å²) in [5.41, 5.74) is 2.38. The number of phenols is 1. The van der Waals surface area contributed by atoms with Crippen LogP contribution in [0.1, 0.15) is 15.9 Å². The van der Waals surface area contributed by atoms with Crippen LogP contribution in [0.4, 0.5) is 5.69 Å². The van der Waals surface area contributed by atoms with Gasteiger partial charge < -0.3 is 5.11 Å². The van der Waals surface area contributed by atoms with Crippen LogP contribution in [0, 0.1) is 10.1 Å². The van der Waals surface area contributed by atoms with Crippen molar-refractivity contribution in [1.29, 1.82) is 0 Å². The quantitative estimate of drug-likeness (QED) is 0.501. The number of aromatic hydroxyl groups is 1. The van der Waals surface area contributed by atoms with E-state index in [1.165, 1.54) is 6.21 Å². The first kappa shape index (κ1) is 14.1. The second-order valence-corrected chi connectivity index (χ2v) is 3.94. The number of phenolic OH excluding ortho intramolecular Hbond substituents is 1. The second kappa shape index (κ2) is 6.24. The van der Waals surface area contributed by atoms with E-state index >= 15 is 0 Å². The predicted molar refractivity (Wildman–Crippen MR) is 74.1 cm³/mol. The Morgan fingerprint density at radius 2 is 2.05 bits per heavy atom. The summed E-state index contributed by atoms with van der Waals surface area (Å²) < 4.78 is 0. The van der Waals surface area contributed by atoms with E-state index in [0.717, 1.165) is 18.2 Å². The summed E-state index contributed by atoms with van der Waals surface area (Å²) in [4.78, 5) is 25.6. The van der Waals surface area contributed by atoms with Gasteiger partial charge in [0.05, 0.1) is 16.7 Å². The fourth-order valence-corrected chi connectivity index (χ4v) is 1.49. The van der Waals surface area contributed by atoms with Crippen molar-refractivity contribution in [2.24, 2.45) is 5.10 Å². The molecule has 0 fully saturated rings. The summed E-state index contributed by atoms with van der Waals surface area (Å²) in [5.74, 6) is -1.11. The molecular weight excluding hydrogens is 276 g/mol. The van der Waals surface area contributed by atoms with Crippen molar-refractivity contribution >= 4 is 17.8 Å². The van der Waals surface area contributed by atoms with Gasteiger partial charge in [0.1, 0.15) is 5.75 Å². The molecule has 0 aliphatic carbocycles. The number of rotatable bonds is 4. The number of nitrogens with zero attached hydrogens (tertiary/aromatic N) is 3. The summed E-state index contributed by atoms with van der Waals surface area (Å²) in [5, 5.41) is 23.9. The van der Waals surface area contributed by atoms with Crippen LogP contribution in [0.3, 0.4) is 0 Å². The molecule has 1 amide bonds. The van der Waals surface area contributed by atoms with Gasteiger partial charge in [0.2, 0.25) is 0 Å². The zero-order valence-corrected chi connectivity index (χ0v) is 10.6. The van der Waals surface area contributed by atoms with Gasteiger partial charge in [-0.2, -0.15) is 5.10 Å². The third kappa shape index (κ3) is 3.60. The standard InChI is InChI=1S/C13H10N4O4/c18-12-2-1-10(17(20)21)7-11(12)13(19)16-15-8-9-3-5-14-6-4-9/h1-8,18H,(H,16,19). The van der Waals surface area contributed by atoms with Crippen LogP contribution in [0.2, 0.25) is 0 Å². The molecule has 0 bridgehead atoms. The number of carbonyl (C=O) groups excluding carboxylic acids is 1. The van der Waals surface area contributed by atoms with Gasteiger partial charge in [0.15, 0.2) is 0 Å². The molecule has 2 N–H and O–H groups in total. The van der Waals surface area contributed by atoms with Crippen molar-refractivity contribution in [3.8, 4) is 5.75 Å². The minimum atomic E-state index is -0.749. The smallest absolute Gasteiger partial charge is 0.275 e. The number of non-ortho nitro benzene ring substituents is 1. The van der Waals surface area contributed by atoms with E-state index < -0.39 is 10.8 Å². The zero-order valence-electron chi connectivity index (χ0n) is 10.6. The number of hydrazone groups is 1. The zero-order chi connectivity index (χ0) is 15.2. The number of carbonyl (C=O) groups is 1. The third-order valence-corrected chi connectivity index (χ3v) is 2.52.